The van der Waals surface area contributed by atoms with E-state index in [9.17, 15) is 17.6 Å². The van der Waals surface area contributed by atoms with Crippen LogP contribution in [0.15, 0.2) is 12.1 Å². The Labute approximate surface area is 92.5 Å². The average Bonchev–Trinajstić information content (AvgIpc) is 2.11. The second-order valence-corrected chi connectivity index (χ2v) is 3.28. The third-order valence-electron chi connectivity index (χ3n) is 1.49. The third-order valence-corrected chi connectivity index (χ3v) is 2.27. The molecule has 15 heavy (non-hydrogen) atoms. The summed E-state index contributed by atoms with van der Waals surface area (Å²) in [6.45, 7) is -3.15. The van der Waals surface area contributed by atoms with Crippen LogP contribution < -0.4 is 4.74 Å². The van der Waals surface area contributed by atoms with Crippen LogP contribution in [0.5, 0.6) is 5.75 Å². The van der Waals surface area contributed by atoms with Crippen LogP contribution in [0.25, 0.3) is 0 Å². The first-order chi connectivity index (χ1) is 6.91. The Balaban J connectivity index is 3.13. The molecule has 0 N–H and O–H groups in total. The second-order valence-electron chi connectivity index (χ2n) is 2.49. The molecular formula is C8H4Cl2F4O. The van der Waals surface area contributed by atoms with Crippen molar-refractivity contribution < 1.29 is 22.3 Å². The van der Waals surface area contributed by atoms with Crippen LogP contribution >= 0.6 is 23.2 Å². The molecule has 0 aliphatic heterocycles. The summed E-state index contributed by atoms with van der Waals surface area (Å²) in [6.07, 6.45) is -2.83. The van der Waals surface area contributed by atoms with Crippen molar-refractivity contribution in [2.45, 2.75) is 13.0 Å². The standard InChI is InChI=1S/C8H4Cl2F4O/c9-4-1-3(7(11)12)2-5(6(4)10)15-8(13)14/h1-2,7-8H. The van der Waals surface area contributed by atoms with Gasteiger partial charge < -0.3 is 4.74 Å². The lowest BCUT2D eigenvalue weighted by Gasteiger charge is -2.10. The molecule has 1 nitrogen and oxygen atoms in total. The molecule has 0 aliphatic rings. The van der Waals surface area contributed by atoms with Crippen LogP contribution in [0.3, 0.4) is 0 Å². The Kier molecular flexibility index (Phi) is 4.04. The fourth-order valence-corrected chi connectivity index (χ4v) is 1.26. The zero-order chi connectivity index (χ0) is 11.6. The van der Waals surface area contributed by atoms with E-state index >= 15 is 0 Å². The maximum atomic E-state index is 12.3. The molecule has 0 unspecified atom stereocenters. The Bertz CT molecular complexity index is 357. The van der Waals surface area contributed by atoms with Crippen LogP contribution in [-0.4, -0.2) is 6.61 Å². The SMILES string of the molecule is FC(F)Oc1cc(C(F)F)cc(Cl)c1Cl. The lowest BCUT2D eigenvalue weighted by Crippen LogP contribution is -2.03. The minimum atomic E-state index is -3.15. The lowest BCUT2D eigenvalue weighted by molar-refractivity contribution is -0.0499. The zero-order valence-corrected chi connectivity index (χ0v) is 8.50. The highest BCUT2D eigenvalue weighted by atomic mass is 35.5. The molecule has 0 amide bonds. The van der Waals surface area contributed by atoms with Gasteiger partial charge in [0.1, 0.15) is 10.8 Å². The van der Waals surface area contributed by atoms with Gasteiger partial charge in [0.25, 0.3) is 6.43 Å². The van der Waals surface area contributed by atoms with Crippen molar-refractivity contribution in [3.63, 3.8) is 0 Å². The summed E-state index contributed by atoms with van der Waals surface area (Å²) in [5.74, 6) is -0.561. The first kappa shape index (κ1) is 12.4. The van der Waals surface area contributed by atoms with Crippen LogP contribution in [0, 0.1) is 0 Å². The van der Waals surface area contributed by atoms with Gasteiger partial charge in [-0.3, -0.25) is 0 Å². The lowest BCUT2D eigenvalue weighted by atomic mass is 10.2. The predicted molar refractivity (Wildman–Crippen MR) is 48.1 cm³/mol. The van der Waals surface area contributed by atoms with Crippen LogP contribution in [0.2, 0.25) is 10.0 Å². The van der Waals surface area contributed by atoms with Crippen molar-refractivity contribution in [1.82, 2.24) is 0 Å². The fraction of sp³-hybridized carbons (Fsp3) is 0.250. The van der Waals surface area contributed by atoms with Crippen molar-refractivity contribution in [3.8, 4) is 5.75 Å². The quantitative estimate of drug-likeness (QED) is 0.728. The van der Waals surface area contributed by atoms with E-state index in [-0.39, 0.29) is 10.0 Å². The van der Waals surface area contributed by atoms with Crippen molar-refractivity contribution >= 4 is 23.2 Å². The molecule has 84 valence electrons. The number of hydrogen-bond donors (Lipinski definition) is 0. The van der Waals surface area contributed by atoms with Crippen molar-refractivity contribution in [2.75, 3.05) is 0 Å². The van der Waals surface area contributed by atoms with Gasteiger partial charge in [-0.15, -0.1) is 0 Å². The Morgan fingerprint density at radius 3 is 2.13 bits per heavy atom. The number of benzene rings is 1. The van der Waals surface area contributed by atoms with E-state index in [1.807, 2.05) is 0 Å². The Hall–Kier alpha value is -0.680. The molecular weight excluding hydrogens is 259 g/mol. The Morgan fingerprint density at radius 1 is 1.07 bits per heavy atom. The summed E-state index contributed by atoms with van der Waals surface area (Å²) in [5, 5.41) is -0.577. The monoisotopic (exact) mass is 262 g/mol. The summed E-state index contributed by atoms with van der Waals surface area (Å²) in [7, 11) is 0. The molecule has 0 bridgehead atoms. The van der Waals surface area contributed by atoms with Crippen molar-refractivity contribution in [1.29, 1.82) is 0 Å². The second kappa shape index (κ2) is 4.90. The first-order valence-electron chi connectivity index (χ1n) is 3.63. The van der Waals surface area contributed by atoms with Crippen molar-refractivity contribution in [2.24, 2.45) is 0 Å². The highest BCUT2D eigenvalue weighted by Gasteiger charge is 2.17. The molecule has 0 saturated carbocycles. The van der Waals surface area contributed by atoms with Gasteiger partial charge in [-0.2, -0.15) is 8.78 Å². The molecule has 0 atom stereocenters. The molecule has 0 heterocycles. The van der Waals surface area contributed by atoms with Crippen LogP contribution in [0.1, 0.15) is 12.0 Å². The summed E-state index contributed by atoms with van der Waals surface area (Å²) in [4.78, 5) is 0. The van der Waals surface area contributed by atoms with Gasteiger partial charge >= 0.3 is 6.61 Å². The third kappa shape index (κ3) is 3.14. The predicted octanol–water partition coefficient (Wildman–Crippen LogP) is 4.53. The molecule has 1 rings (SSSR count). The molecule has 1 aromatic rings. The van der Waals surface area contributed by atoms with Gasteiger partial charge in [-0.05, 0) is 12.1 Å². The van der Waals surface area contributed by atoms with E-state index in [2.05, 4.69) is 4.74 Å². The number of halogens is 6. The largest absolute Gasteiger partial charge is 0.433 e. The van der Waals surface area contributed by atoms with Gasteiger partial charge in [-0.25, -0.2) is 8.78 Å². The molecule has 1 aromatic carbocycles. The van der Waals surface area contributed by atoms with E-state index in [1.165, 1.54) is 0 Å². The molecule has 0 fully saturated rings. The van der Waals surface area contributed by atoms with E-state index in [4.69, 9.17) is 23.2 Å². The van der Waals surface area contributed by atoms with E-state index in [1.54, 1.807) is 0 Å². The number of rotatable bonds is 3. The van der Waals surface area contributed by atoms with Gasteiger partial charge in [0, 0.05) is 5.56 Å². The number of hydrogen-bond acceptors (Lipinski definition) is 1. The first-order valence-corrected chi connectivity index (χ1v) is 4.39. The molecule has 0 aliphatic carbocycles. The zero-order valence-electron chi connectivity index (χ0n) is 6.99. The maximum Gasteiger partial charge on any atom is 0.387 e. The van der Waals surface area contributed by atoms with Gasteiger partial charge in [0.05, 0.1) is 5.02 Å². The summed E-state index contributed by atoms with van der Waals surface area (Å²) in [5.41, 5.74) is -0.528. The smallest absolute Gasteiger partial charge is 0.387 e. The van der Waals surface area contributed by atoms with Crippen LogP contribution in [0.4, 0.5) is 17.6 Å². The normalized spacial score (nSPS) is 11.2. The summed E-state index contributed by atoms with van der Waals surface area (Å²) in [6, 6.07) is 1.62. The highest BCUT2D eigenvalue weighted by molar-refractivity contribution is 6.43. The summed E-state index contributed by atoms with van der Waals surface area (Å²) >= 11 is 10.9. The van der Waals surface area contributed by atoms with Gasteiger partial charge in [-0.1, -0.05) is 23.2 Å². The van der Waals surface area contributed by atoms with Crippen LogP contribution in [-0.2, 0) is 0 Å². The number of ether oxygens (including phenoxy) is 1. The number of alkyl halides is 4. The van der Waals surface area contributed by atoms with Crippen molar-refractivity contribution in [3.05, 3.63) is 27.7 Å². The van der Waals surface area contributed by atoms with Gasteiger partial charge in [0.15, 0.2) is 0 Å². The average molecular weight is 263 g/mol. The molecule has 0 aromatic heterocycles. The minimum Gasteiger partial charge on any atom is -0.433 e. The van der Waals surface area contributed by atoms with E-state index < -0.39 is 24.3 Å². The van der Waals surface area contributed by atoms with E-state index in [0.717, 1.165) is 12.1 Å². The maximum absolute atomic E-state index is 12.3. The fourth-order valence-electron chi connectivity index (χ4n) is 0.892. The molecule has 0 saturated heterocycles. The highest BCUT2D eigenvalue weighted by Crippen LogP contribution is 2.37. The van der Waals surface area contributed by atoms with Gasteiger partial charge in [0.2, 0.25) is 0 Å². The topological polar surface area (TPSA) is 9.23 Å². The van der Waals surface area contributed by atoms with E-state index in [0.29, 0.717) is 0 Å². The molecule has 0 spiro atoms. The Morgan fingerprint density at radius 2 is 1.67 bits per heavy atom. The minimum absolute atomic E-state index is 0.259. The molecule has 7 heteroatoms. The molecule has 0 radical (unpaired) electrons. The summed E-state index contributed by atoms with van der Waals surface area (Å²) < 4.78 is 52.1.